The molecule has 0 aliphatic rings. The van der Waals surface area contributed by atoms with Gasteiger partial charge in [0.2, 0.25) is 5.89 Å². The molecule has 0 unspecified atom stereocenters. The zero-order valence-corrected chi connectivity index (χ0v) is 9.34. The maximum atomic E-state index is 11.1. The number of ether oxygens (including phenoxy) is 2. The number of nitrogens with zero attached hydrogens (tertiary/aromatic N) is 2. The summed E-state index contributed by atoms with van der Waals surface area (Å²) in [7, 11) is 2.83. The molecule has 0 saturated heterocycles. The van der Waals surface area contributed by atoms with Gasteiger partial charge in [0.1, 0.15) is 5.75 Å². The fraction of sp³-hybridized carbons (Fsp3) is 0.182. The van der Waals surface area contributed by atoms with Gasteiger partial charge in [-0.25, -0.2) is 4.79 Å². The Hall–Kier alpha value is -2.37. The molecule has 0 atom stereocenters. The SMILES string of the molecule is COC(=O)c1nnc(-c2ccc(OC)cc2)o1. The second-order valence-corrected chi connectivity index (χ2v) is 3.13. The molecule has 1 aromatic carbocycles. The van der Waals surface area contributed by atoms with E-state index in [4.69, 9.17) is 9.15 Å². The molecule has 2 aromatic rings. The van der Waals surface area contributed by atoms with Crippen LogP contribution in [0.25, 0.3) is 11.5 Å². The minimum atomic E-state index is -0.655. The van der Waals surface area contributed by atoms with Crippen molar-refractivity contribution in [3.05, 3.63) is 30.2 Å². The van der Waals surface area contributed by atoms with Gasteiger partial charge in [0, 0.05) is 5.56 Å². The molecule has 0 bridgehead atoms. The van der Waals surface area contributed by atoms with E-state index in [9.17, 15) is 4.79 Å². The zero-order chi connectivity index (χ0) is 12.3. The van der Waals surface area contributed by atoms with Gasteiger partial charge in [0.25, 0.3) is 0 Å². The van der Waals surface area contributed by atoms with Crippen LogP contribution in [0.1, 0.15) is 10.7 Å². The second kappa shape index (κ2) is 4.65. The molecule has 0 spiro atoms. The van der Waals surface area contributed by atoms with Crippen LogP contribution in [0, 0.1) is 0 Å². The summed E-state index contributed by atoms with van der Waals surface area (Å²) in [5.74, 6) is 0.157. The molecule has 17 heavy (non-hydrogen) atoms. The van der Waals surface area contributed by atoms with Gasteiger partial charge in [-0.05, 0) is 24.3 Å². The van der Waals surface area contributed by atoms with Crippen LogP contribution in [0.2, 0.25) is 0 Å². The molecule has 0 amide bonds. The van der Waals surface area contributed by atoms with Gasteiger partial charge in [0.15, 0.2) is 0 Å². The van der Waals surface area contributed by atoms with Gasteiger partial charge in [-0.15, -0.1) is 10.2 Å². The molecule has 0 saturated carbocycles. The van der Waals surface area contributed by atoms with E-state index in [1.54, 1.807) is 31.4 Å². The van der Waals surface area contributed by atoms with E-state index in [0.29, 0.717) is 5.56 Å². The average molecular weight is 234 g/mol. The summed E-state index contributed by atoms with van der Waals surface area (Å²) in [6.07, 6.45) is 0. The van der Waals surface area contributed by atoms with E-state index in [0.717, 1.165) is 5.75 Å². The maximum absolute atomic E-state index is 11.1. The van der Waals surface area contributed by atoms with Gasteiger partial charge in [-0.3, -0.25) is 0 Å². The molecule has 1 aromatic heterocycles. The molecule has 88 valence electrons. The van der Waals surface area contributed by atoms with E-state index in [2.05, 4.69) is 14.9 Å². The van der Waals surface area contributed by atoms with E-state index in [1.807, 2.05) is 0 Å². The largest absolute Gasteiger partial charge is 0.497 e. The highest BCUT2D eigenvalue weighted by Crippen LogP contribution is 2.21. The smallest absolute Gasteiger partial charge is 0.396 e. The van der Waals surface area contributed by atoms with E-state index < -0.39 is 5.97 Å². The molecule has 0 radical (unpaired) electrons. The number of carbonyl (C=O) groups is 1. The van der Waals surface area contributed by atoms with Crippen molar-refractivity contribution < 1.29 is 18.7 Å². The van der Waals surface area contributed by atoms with Crippen LogP contribution < -0.4 is 4.74 Å². The number of hydrogen-bond donors (Lipinski definition) is 0. The molecule has 0 N–H and O–H groups in total. The first-order chi connectivity index (χ1) is 8.24. The fourth-order valence-corrected chi connectivity index (χ4v) is 1.24. The number of rotatable bonds is 3. The Morgan fingerprint density at radius 3 is 2.47 bits per heavy atom. The van der Waals surface area contributed by atoms with Crippen molar-refractivity contribution in [3.8, 4) is 17.2 Å². The number of hydrogen-bond acceptors (Lipinski definition) is 6. The van der Waals surface area contributed by atoms with Crippen molar-refractivity contribution >= 4 is 5.97 Å². The number of carbonyl (C=O) groups excluding carboxylic acids is 1. The molecule has 0 fully saturated rings. The predicted molar refractivity (Wildman–Crippen MR) is 57.6 cm³/mol. The Morgan fingerprint density at radius 2 is 1.88 bits per heavy atom. The fourth-order valence-electron chi connectivity index (χ4n) is 1.24. The topological polar surface area (TPSA) is 74.5 Å². The Kier molecular flexibility index (Phi) is 3.04. The van der Waals surface area contributed by atoms with Crippen LogP contribution >= 0.6 is 0 Å². The summed E-state index contributed by atoms with van der Waals surface area (Å²) in [5.41, 5.74) is 0.702. The standard InChI is InChI=1S/C11H10N2O4/c1-15-8-5-3-7(4-6-8)9-12-13-10(17-9)11(14)16-2/h3-6H,1-2H3. The van der Waals surface area contributed by atoms with Crippen LogP contribution in [-0.2, 0) is 4.74 Å². The summed E-state index contributed by atoms with van der Waals surface area (Å²) in [6.45, 7) is 0. The highest BCUT2D eigenvalue weighted by Gasteiger charge is 2.15. The summed E-state index contributed by atoms with van der Waals surface area (Å²) in [4.78, 5) is 11.1. The lowest BCUT2D eigenvalue weighted by molar-refractivity contribution is 0.0556. The number of aromatic nitrogens is 2. The lowest BCUT2D eigenvalue weighted by atomic mass is 10.2. The van der Waals surface area contributed by atoms with Gasteiger partial charge in [0.05, 0.1) is 14.2 Å². The third-order valence-electron chi connectivity index (χ3n) is 2.12. The first-order valence-electron chi connectivity index (χ1n) is 4.81. The Bertz CT molecular complexity index is 519. The summed E-state index contributed by atoms with van der Waals surface area (Å²) < 4.78 is 14.7. The minimum absolute atomic E-state index is 0.168. The molecule has 6 heteroatoms. The highest BCUT2D eigenvalue weighted by atomic mass is 16.5. The molecule has 0 aliphatic heterocycles. The maximum Gasteiger partial charge on any atom is 0.396 e. The van der Waals surface area contributed by atoms with Crippen LogP contribution in [0.15, 0.2) is 28.7 Å². The minimum Gasteiger partial charge on any atom is -0.497 e. The Balaban J connectivity index is 2.27. The number of esters is 1. The third kappa shape index (κ3) is 2.25. The van der Waals surface area contributed by atoms with Gasteiger partial charge in [-0.1, -0.05) is 0 Å². The van der Waals surface area contributed by atoms with E-state index in [1.165, 1.54) is 7.11 Å². The lowest BCUT2D eigenvalue weighted by Gasteiger charge is -1.99. The predicted octanol–water partition coefficient (Wildman–Crippen LogP) is 1.53. The highest BCUT2D eigenvalue weighted by molar-refractivity contribution is 5.84. The van der Waals surface area contributed by atoms with Crippen LogP contribution in [-0.4, -0.2) is 30.4 Å². The first-order valence-corrected chi connectivity index (χ1v) is 4.81. The van der Waals surface area contributed by atoms with Gasteiger partial charge in [-0.2, -0.15) is 0 Å². The van der Waals surface area contributed by atoms with Crippen molar-refractivity contribution in [2.24, 2.45) is 0 Å². The molecular formula is C11H10N2O4. The summed E-state index contributed by atoms with van der Waals surface area (Å²) in [5, 5.41) is 7.34. The van der Waals surface area contributed by atoms with Crippen molar-refractivity contribution in [2.75, 3.05) is 14.2 Å². The Morgan fingerprint density at radius 1 is 1.18 bits per heavy atom. The molecule has 6 nitrogen and oxygen atoms in total. The van der Waals surface area contributed by atoms with Crippen LogP contribution in [0.5, 0.6) is 5.75 Å². The number of methoxy groups -OCH3 is 2. The lowest BCUT2D eigenvalue weighted by Crippen LogP contribution is -2.00. The Labute approximate surface area is 97.2 Å². The van der Waals surface area contributed by atoms with Crippen LogP contribution in [0.4, 0.5) is 0 Å². The molecule has 2 rings (SSSR count). The van der Waals surface area contributed by atoms with Crippen LogP contribution in [0.3, 0.4) is 0 Å². The second-order valence-electron chi connectivity index (χ2n) is 3.13. The molecule has 1 heterocycles. The summed E-state index contributed by atoms with van der Waals surface area (Å²) in [6, 6.07) is 7.04. The monoisotopic (exact) mass is 234 g/mol. The van der Waals surface area contributed by atoms with Crippen molar-refractivity contribution in [3.63, 3.8) is 0 Å². The number of benzene rings is 1. The van der Waals surface area contributed by atoms with Crippen molar-refractivity contribution in [2.45, 2.75) is 0 Å². The quantitative estimate of drug-likeness (QED) is 0.750. The summed E-state index contributed by atoms with van der Waals surface area (Å²) >= 11 is 0. The molecular weight excluding hydrogens is 224 g/mol. The first kappa shape index (κ1) is 11.1. The van der Waals surface area contributed by atoms with E-state index in [-0.39, 0.29) is 11.8 Å². The molecule has 0 aliphatic carbocycles. The van der Waals surface area contributed by atoms with Gasteiger partial charge >= 0.3 is 11.9 Å². The van der Waals surface area contributed by atoms with Gasteiger partial charge < -0.3 is 13.9 Å². The van der Waals surface area contributed by atoms with Crippen molar-refractivity contribution in [1.29, 1.82) is 0 Å². The average Bonchev–Trinajstić information content (AvgIpc) is 2.87. The van der Waals surface area contributed by atoms with Crippen molar-refractivity contribution in [1.82, 2.24) is 10.2 Å². The normalized spacial score (nSPS) is 10.0. The zero-order valence-electron chi connectivity index (χ0n) is 9.34. The third-order valence-corrected chi connectivity index (χ3v) is 2.12. The van der Waals surface area contributed by atoms with E-state index >= 15 is 0 Å².